The van der Waals surface area contributed by atoms with E-state index >= 15 is 0 Å². The molecule has 0 bridgehead atoms. The molecule has 0 aromatic heterocycles. The second-order valence-electron chi connectivity index (χ2n) is 7.11. The molecule has 6 heteroatoms. The van der Waals surface area contributed by atoms with Crippen molar-refractivity contribution in [2.75, 3.05) is 16.4 Å². The van der Waals surface area contributed by atoms with Crippen molar-refractivity contribution in [1.82, 2.24) is 0 Å². The molecule has 0 radical (unpaired) electrons. The van der Waals surface area contributed by atoms with Crippen LogP contribution in [-0.2, 0) is 4.79 Å². The van der Waals surface area contributed by atoms with E-state index in [0.29, 0.717) is 23.4 Å². The van der Waals surface area contributed by atoms with Crippen molar-refractivity contribution >= 4 is 35.0 Å². The fraction of sp³-hybridized carbons (Fsp3) is 0.348. The summed E-state index contributed by atoms with van der Waals surface area (Å²) in [6, 6.07) is 16.7. The first-order valence-electron chi connectivity index (χ1n) is 9.98. The molecule has 29 heavy (non-hydrogen) atoms. The van der Waals surface area contributed by atoms with Crippen molar-refractivity contribution in [3.8, 4) is 6.07 Å². The van der Waals surface area contributed by atoms with Crippen molar-refractivity contribution in [1.29, 1.82) is 5.26 Å². The van der Waals surface area contributed by atoms with Crippen LogP contribution in [0.2, 0.25) is 0 Å². The molecule has 0 unspecified atom stereocenters. The normalized spacial score (nSPS) is 14.0. The van der Waals surface area contributed by atoms with Crippen LogP contribution in [0.1, 0.15) is 48.9 Å². The monoisotopic (exact) mass is 407 g/mol. The van der Waals surface area contributed by atoms with E-state index in [2.05, 4.69) is 16.7 Å². The van der Waals surface area contributed by atoms with E-state index in [-0.39, 0.29) is 17.7 Å². The van der Waals surface area contributed by atoms with Gasteiger partial charge in [-0.05, 0) is 43.2 Å². The number of nitriles is 1. The summed E-state index contributed by atoms with van der Waals surface area (Å²) in [5.74, 6) is 0.554. The van der Waals surface area contributed by atoms with Gasteiger partial charge < -0.3 is 10.6 Å². The lowest BCUT2D eigenvalue weighted by Crippen LogP contribution is -2.24. The average molecular weight is 408 g/mol. The quantitative estimate of drug-likeness (QED) is 0.471. The summed E-state index contributed by atoms with van der Waals surface area (Å²) in [4.78, 5) is 26.2. The molecule has 5 nitrogen and oxygen atoms in total. The summed E-state index contributed by atoms with van der Waals surface area (Å²) in [6.45, 7) is 0. The number of hydrogen-bond donors (Lipinski definition) is 2. The molecule has 0 saturated heterocycles. The Kier molecular flexibility index (Phi) is 7.71. The van der Waals surface area contributed by atoms with Crippen molar-refractivity contribution in [2.24, 2.45) is 5.92 Å². The number of nitrogens with one attached hydrogen (secondary N) is 2. The molecule has 1 fully saturated rings. The lowest BCUT2D eigenvalue weighted by atomic mass is 9.88. The number of benzene rings is 2. The number of para-hydroxylation sites is 1. The van der Waals surface area contributed by atoms with Gasteiger partial charge in [-0.25, -0.2) is 0 Å². The highest BCUT2D eigenvalue weighted by Crippen LogP contribution is 2.28. The Morgan fingerprint density at radius 3 is 2.62 bits per heavy atom. The van der Waals surface area contributed by atoms with Crippen molar-refractivity contribution in [3.63, 3.8) is 0 Å². The molecule has 2 amide bonds. The molecule has 1 saturated carbocycles. The van der Waals surface area contributed by atoms with E-state index < -0.39 is 0 Å². The van der Waals surface area contributed by atoms with Gasteiger partial charge in [0.15, 0.2) is 0 Å². The fourth-order valence-corrected chi connectivity index (χ4v) is 4.31. The van der Waals surface area contributed by atoms with Crippen molar-refractivity contribution in [2.45, 2.75) is 43.4 Å². The Labute approximate surface area is 175 Å². The first-order valence-corrected chi connectivity index (χ1v) is 11.0. The van der Waals surface area contributed by atoms with E-state index in [1.807, 2.05) is 30.3 Å². The Hall–Kier alpha value is -2.78. The van der Waals surface area contributed by atoms with Crippen LogP contribution in [0, 0.1) is 17.2 Å². The highest BCUT2D eigenvalue weighted by atomic mass is 32.2. The molecule has 150 valence electrons. The number of thioether (sulfide) groups is 1. The number of rotatable bonds is 7. The van der Waals surface area contributed by atoms with Crippen molar-refractivity contribution < 1.29 is 9.59 Å². The van der Waals surface area contributed by atoms with Crippen LogP contribution >= 0.6 is 11.8 Å². The Bertz CT molecular complexity index is 901. The van der Waals surface area contributed by atoms with Crippen LogP contribution in [-0.4, -0.2) is 17.6 Å². The molecular formula is C23H25N3O2S. The van der Waals surface area contributed by atoms with E-state index in [1.54, 1.807) is 30.0 Å². The predicted octanol–water partition coefficient (Wildman–Crippen LogP) is 5.46. The van der Waals surface area contributed by atoms with E-state index in [9.17, 15) is 9.59 Å². The maximum absolute atomic E-state index is 12.8. The van der Waals surface area contributed by atoms with Gasteiger partial charge in [-0.1, -0.05) is 37.5 Å². The number of carbonyl (C=O) groups excluding carboxylic acids is 2. The highest BCUT2D eigenvalue weighted by Gasteiger charge is 2.21. The summed E-state index contributed by atoms with van der Waals surface area (Å²) < 4.78 is 0. The second kappa shape index (κ2) is 10.7. The number of nitrogens with zero attached hydrogens (tertiary/aromatic N) is 1. The van der Waals surface area contributed by atoms with E-state index in [4.69, 9.17) is 5.26 Å². The molecular weight excluding hydrogens is 382 g/mol. The maximum Gasteiger partial charge on any atom is 0.255 e. The van der Waals surface area contributed by atoms with Crippen LogP contribution in [0.25, 0.3) is 0 Å². The van der Waals surface area contributed by atoms with E-state index in [0.717, 1.165) is 36.3 Å². The largest absolute Gasteiger partial charge is 0.326 e. The minimum absolute atomic E-state index is 0.0431. The zero-order valence-electron chi connectivity index (χ0n) is 16.3. The third-order valence-corrected chi connectivity index (χ3v) is 6.05. The van der Waals surface area contributed by atoms with Crippen LogP contribution in [0.4, 0.5) is 11.4 Å². The smallest absolute Gasteiger partial charge is 0.255 e. The molecule has 0 atom stereocenters. The first kappa shape index (κ1) is 20.9. The van der Waals surface area contributed by atoms with Crippen LogP contribution in [0.3, 0.4) is 0 Å². The molecule has 3 rings (SSSR count). The molecule has 0 spiro atoms. The van der Waals surface area contributed by atoms with Gasteiger partial charge in [0, 0.05) is 34.2 Å². The topological polar surface area (TPSA) is 82.0 Å². The van der Waals surface area contributed by atoms with Crippen LogP contribution in [0.5, 0.6) is 0 Å². The number of hydrogen-bond acceptors (Lipinski definition) is 4. The number of amides is 2. The summed E-state index contributed by atoms with van der Waals surface area (Å²) in [5.41, 5.74) is 1.85. The average Bonchev–Trinajstić information content (AvgIpc) is 2.76. The maximum atomic E-state index is 12.8. The molecule has 0 heterocycles. The zero-order chi connectivity index (χ0) is 20.5. The summed E-state index contributed by atoms with van der Waals surface area (Å²) in [7, 11) is 0. The van der Waals surface area contributed by atoms with Gasteiger partial charge in [0.25, 0.3) is 5.91 Å². The Morgan fingerprint density at radius 1 is 1.03 bits per heavy atom. The molecule has 1 aliphatic carbocycles. The third-order valence-electron chi connectivity index (χ3n) is 4.97. The zero-order valence-corrected chi connectivity index (χ0v) is 17.1. The minimum atomic E-state index is -0.230. The summed E-state index contributed by atoms with van der Waals surface area (Å²) in [5, 5.41) is 14.6. The second-order valence-corrected chi connectivity index (χ2v) is 8.25. The minimum Gasteiger partial charge on any atom is -0.326 e. The first-order chi connectivity index (χ1) is 14.2. The Morgan fingerprint density at radius 2 is 1.83 bits per heavy atom. The van der Waals surface area contributed by atoms with Gasteiger partial charge in [-0.3, -0.25) is 9.59 Å². The Balaban J connectivity index is 1.65. The highest BCUT2D eigenvalue weighted by molar-refractivity contribution is 7.99. The molecule has 1 aliphatic rings. The van der Waals surface area contributed by atoms with Gasteiger partial charge in [-0.15, -0.1) is 11.8 Å². The van der Waals surface area contributed by atoms with Gasteiger partial charge in [0.05, 0.1) is 11.8 Å². The fourth-order valence-electron chi connectivity index (χ4n) is 3.44. The molecule has 0 aliphatic heterocycles. The molecule has 2 aromatic rings. The summed E-state index contributed by atoms with van der Waals surface area (Å²) in [6.07, 6.45) is 5.74. The van der Waals surface area contributed by atoms with Gasteiger partial charge in [0.1, 0.15) is 0 Å². The third kappa shape index (κ3) is 6.10. The van der Waals surface area contributed by atoms with Crippen LogP contribution < -0.4 is 10.6 Å². The standard InChI is InChI=1S/C23H25N3O2S/c24-14-7-15-29-21-13-5-4-12-20(21)26-23(28)18-10-6-11-19(16-18)25-22(27)17-8-2-1-3-9-17/h4-6,10-13,16-17H,1-3,7-9,15H2,(H,25,27)(H,26,28). The predicted molar refractivity (Wildman–Crippen MR) is 117 cm³/mol. The molecule has 2 aromatic carbocycles. The van der Waals surface area contributed by atoms with Crippen molar-refractivity contribution in [3.05, 3.63) is 54.1 Å². The van der Waals surface area contributed by atoms with Gasteiger partial charge in [0.2, 0.25) is 5.91 Å². The molecule has 2 N–H and O–H groups in total. The van der Waals surface area contributed by atoms with Crippen LogP contribution in [0.15, 0.2) is 53.4 Å². The van der Waals surface area contributed by atoms with Gasteiger partial charge in [-0.2, -0.15) is 5.26 Å². The number of carbonyl (C=O) groups is 2. The number of anilines is 2. The lowest BCUT2D eigenvalue weighted by molar-refractivity contribution is -0.120. The van der Waals surface area contributed by atoms with Gasteiger partial charge >= 0.3 is 0 Å². The summed E-state index contributed by atoms with van der Waals surface area (Å²) >= 11 is 1.54. The SMILES string of the molecule is N#CCCSc1ccccc1NC(=O)c1cccc(NC(=O)C2CCCCC2)c1. The van der Waals surface area contributed by atoms with E-state index in [1.165, 1.54) is 6.42 Å². The lowest BCUT2D eigenvalue weighted by Gasteiger charge is -2.20.